The Hall–Kier alpha value is -2.10. The molecule has 4 nitrogen and oxygen atoms in total. The highest BCUT2D eigenvalue weighted by molar-refractivity contribution is 5.78. The van der Waals surface area contributed by atoms with E-state index >= 15 is 0 Å². The Labute approximate surface area is 85.6 Å². The van der Waals surface area contributed by atoms with E-state index in [0.29, 0.717) is 16.6 Å². The van der Waals surface area contributed by atoms with Gasteiger partial charge in [-0.15, -0.1) is 6.58 Å². The molecule has 76 valence electrons. The van der Waals surface area contributed by atoms with Crippen LogP contribution in [0.15, 0.2) is 41.6 Å². The molecule has 0 radical (unpaired) electrons. The minimum absolute atomic E-state index is 0.109. The van der Waals surface area contributed by atoms with Gasteiger partial charge in [-0.25, -0.2) is 0 Å². The van der Waals surface area contributed by atoms with Crippen LogP contribution in [0.4, 0.5) is 0 Å². The SMILES string of the molecule is C=CCc1cc2cc[n+](=O)oc2cc1O. The van der Waals surface area contributed by atoms with Gasteiger partial charge in [-0.1, -0.05) is 6.08 Å². The van der Waals surface area contributed by atoms with Crippen molar-refractivity contribution in [1.29, 1.82) is 0 Å². The summed E-state index contributed by atoms with van der Waals surface area (Å²) in [5, 5.41) is 10.4. The van der Waals surface area contributed by atoms with Crippen molar-refractivity contribution < 1.29 is 14.2 Å². The molecule has 4 heteroatoms. The first kappa shape index (κ1) is 9.45. The maximum Gasteiger partial charge on any atom is 0.283 e. The highest BCUT2D eigenvalue weighted by atomic mass is 16.6. The molecule has 2 rings (SSSR count). The van der Waals surface area contributed by atoms with Crippen LogP contribution in [0, 0.1) is 4.91 Å². The summed E-state index contributed by atoms with van der Waals surface area (Å²) in [5.41, 5.74) is 1.12. The number of hydrogen-bond acceptors (Lipinski definition) is 3. The van der Waals surface area contributed by atoms with Gasteiger partial charge in [0, 0.05) is 17.5 Å². The standard InChI is InChI=1S/C11H9NO3/c1-2-3-8-6-9-4-5-12(14)15-11(9)7-10(8)13/h2,4-7H,1,3H2/p+1. The summed E-state index contributed by atoms with van der Waals surface area (Å²) in [6, 6.07) is 4.84. The van der Waals surface area contributed by atoms with Crippen LogP contribution in [-0.4, -0.2) is 5.11 Å². The fraction of sp³-hybridized carbons (Fsp3) is 0.0909. The van der Waals surface area contributed by atoms with Crippen molar-refractivity contribution in [3.8, 4) is 5.75 Å². The highest BCUT2D eigenvalue weighted by Crippen LogP contribution is 2.24. The summed E-state index contributed by atoms with van der Waals surface area (Å²) < 4.78 is 5.19. The van der Waals surface area contributed by atoms with Crippen molar-refractivity contribution in [1.82, 2.24) is 0 Å². The van der Waals surface area contributed by atoms with Gasteiger partial charge < -0.3 is 5.11 Å². The summed E-state index contributed by atoms with van der Waals surface area (Å²) in [6.07, 6.45) is 3.56. The van der Waals surface area contributed by atoms with Gasteiger partial charge in [0.05, 0.1) is 4.91 Å². The predicted octanol–water partition coefficient (Wildman–Crippen LogP) is 1.78. The first-order valence-corrected chi connectivity index (χ1v) is 4.50. The van der Waals surface area contributed by atoms with E-state index in [-0.39, 0.29) is 5.75 Å². The Morgan fingerprint density at radius 2 is 2.33 bits per heavy atom. The molecular formula is C11H10NO3+. The van der Waals surface area contributed by atoms with Crippen LogP contribution in [0.2, 0.25) is 0 Å². The second-order valence-corrected chi connectivity index (χ2v) is 3.20. The molecule has 1 heterocycles. The van der Waals surface area contributed by atoms with Crippen LogP contribution in [0.1, 0.15) is 5.56 Å². The quantitative estimate of drug-likeness (QED) is 0.758. The van der Waals surface area contributed by atoms with E-state index < -0.39 is 0 Å². The molecular weight excluding hydrogens is 194 g/mol. The Morgan fingerprint density at radius 3 is 3.07 bits per heavy atom. The maximum absolute atomic E-state index is 10.9. The number of nitrogens with zero attached hydrogens (tertiary/aromatic N) is 1. The van der Waals surface area contributed by atoms with Crippen molar-refractivity contribution in [2.75, 3.05) is 0 Å². The van der Waals surface area contributed by atoms with Crippen LogP contribution in [0.5, 0.6) is 5.75 Å². The first-order chi connectivity index (χ1) is 7.20. The van der Waals surface area contributed by atoms with Gasteiger partial charge >= 0.3 is 0 Å². The zero-order valence-corrected chi connectivity index (χ0v) is 8.01. The summed E-state index contributed by atoms with van der Waals surface area (Å²) in [6.45, 7) is 3.60. The summed E-state index contributed by atoms with van der Waals surface area (Å²) >= 11 is 0. The topological polar surface area (TPSA) is 56.3 Å². The lowest BCUT2D eigenvalue weighted by molar-refractivity contribution is -0.701. The maximum atomic E-state index is 10.9. The van der Waals surface area contributed by atoms with E-state index in [1.54, 1.807) is 18.2 Å². The number of aromatic hydroxyl groups is 1. The van der Waals surface area contributed by atoms with E-state index in [0.717, 1.165) is 10.9 Å². The third kappa shape index (κ3) is 1.74. The molecule has 0 atom stereocenters. The molecule has 0 aliphatic heterocycles. The number of fused-ring (bicyclic) bond motifs is 1. The molecule has 2 aromatic rings. The fourth-order valence-electron chi connectivity index (χ4n) is 1.43. The number of rotatable bonds is 2. The monoisotopic (exact) mass is 204 g/mol. The molecule has 0 saturated heterocycles. The molecule has 15 heavy (non-hydrogen) atoms. The smallest absolute Gasteiger partial charge is 0.283 e. The average molecular weight is 204 g/mol. The first-order valence-electron chi connectivity index (χ1n) is 4.50. The second-order valence-electron chi connectivity index (χ2n) is 3.20. The second kappa shape index (κ2) is 3.57. The Balaban J connectivity index is 2.70. The molecule has 0 aliphatic rings. The normalized spacial score (nSPS) is 10.4. The molecule has 1 aromatic heterocycles. The zero-order chi connectivity index (χ0) is 10.8. The van der Waals surface area contributed by atoms with Gasteiger partial charge in [-0.2, -0.15) is 4.52 Å². The Morgan fingerprint density at radius 1 is 1.53 bits per heavy atom. The van der Waals surface area contributed by atoms with Crippen molar-refractivity contribution in [2.45, 2.75) is 6.42 Å². The summed E-state index contributed by atoms with van der Waals surface area (Å²) in [7, 11) is 0. The molecule has 0 saturated carbocycles. The molecule has 0 amide bonds. The van der Waals surface area contributed by atoms with Crippen molar-refractivity contribution in [2.24, 2.45) is 0 Å². The van der Waals surface area contributed by atoms with E-state index in [1.807, 2.05) is 0 Å². The van der Waals surface area contributed by atoms with Crippen LogP contribution < -0.4 is 4.60 Å². The van der Waals surface area contributed by atoms with Crippen molar-refractivity contribution in [3.05, 3.63) is 47.5 Å². The van der Waals surface area contributed by atoms with Crippen molar-refractivity contribution in [3.63, 3.8) is 0 Å². The van der Waals surface area contributed by atoms with E-state index in [9.17, 15) is 10.0 Å². The summed E-state index contributed by atoms with van der Waals surface area (Å²) in [4.78, 5) is 10.9. The molecule has 0 spiro atoms. The largest absolute Gasteiger partial charge is 0.508 e. The minimum atomic E-state index is 0.109. The predicted molar refractivity (Wildman–Crippen MR) is 55.1 cm³/mol. The number of phenols is 1. The van der Waals surface area contributed by atoms with Crippen molar-refractivity contribution >= 4 is 11.0 Å². The highest BCUT2D eigenvalue weighted by Gasteiger charge is 2.07. The van der Waals surface area contributed by atoms with Gasteiger partial charge in [0.1, 0.15) is 5.75 Å². The average Bonchev–Trinajstić information content (AvgIpc) is 2.20. The van der Waals surface area contributed by atoms with Crippen LogP contribution in [-0.2, 0) is 6.42 Å². The zero-order valence-electron chi connectivity index (χ0n) is 8.01. The number of benzene rings is 1. The van der Waals surface area contributed by atoms with E-state index in [1.165, 1.54) is 12.3 Å². The molecule has 1 N–H and O–H groups in total. The molecule has 0 unspecified atom stereocenters. The number of phenolic OH excluding ortho intramolecular Hbond substituents is 1. The Bertz CT molecular complexity index is 572. The molecule has 0 aliphatic carbocycles. The van der Waals surface area contributed by atoms with Crippen LogP contribution in [0.25, 0.3) is 11.0 Å². The van der Waals surface area contributed by atoms with Gasteiger partial charge in [-0.05, 0) is 18.1 Å². The lowest BCUT2D eigenvalue weighted by atomic mass is 10.1. The van der Waals surface area contributed by atoms with Gasteiger partial charge in [0.25, 0.3) is 10.8 Å². The van der Waals surface area contributed by atoms with Crippen LogP contribution in [0.3, 0.4) is 0 Å². The van der Waals surface area contributed by atoms with Gasteiger partial charge in [0.2, 0.25) is 5.58 Å². The lowest BCUT2D eigenvalue weighted by Gasteiger charge is -2.00. The van der Waals surface area contributed by atoms with E-state index in [4.69, 9.17) is 4.52 Å². The lowest BCUT2D eigenvalue weighted by Crippen LogP contribution is -2.10. The third-order valence-electron chi connectivity index (χ3n) is 2.14. The molecule has 0 bridgehead atoms. The minimum Gasteiger partial charge on any atom is -0.508 e. The third-order valence-corrected chi connectivity index (χ3v) is 2.14. The molecule has 1 aromatic carbocycles. The summed E-state index contributed by atoms with van der Waals surface area (Å²) in [5.74, 6) is 0.109. The van der Waals surface area contributed by atoms with Gasteiger partial charge in [0.15, 0.2) is 0 Å². The van der Waals surface area contributed by atoms with Gasteiger partial charge in [-0.3, -0.25) is 0 Å². The number of allylic oxidation sites excluding steroid dienone is 1. The number of aromatic nitrogens is 1. The molecule has 0 fully saturated rings. The number of hydrogen-bond donors (Lipinski definition) is 1. The fourth-order valence-corrected chi connectivity index (χ4v) is 1.43. The Kier molecular flexibility index (Phi) is 2.25. The van der Waals surface area contributed by atoms with Crippen LogP contribution >= 0.6 is 0 Å². The van der Waals surface area contributed by atoms with E-state index in [2.05, 4.69) is 6.58 Å².